The number of β-lactam (4-membered cyclic amide) rings is 1. The van der Waals surface area contributed by atoms with Crippen molar-refractivity contribution in [2.45, 2.75) is 64.6 Å². The van der Waals surface area contributed by atoms with E-state index < -0.39 is 0 Å². The Morgan fingerprint density at radius 3 is 2.41 bits per heavy atom. The van der Waals surface area contributed by atoms with E-state index in [-0.39, 0.29) is 17.0 Å². The second-order valence-corrected chi connectivity index (χ2v) is 8.96. The molecule has 1 saturated carbocycles. The van der Waals surface area contributed by atoms with Crippen molar-refractivity contribution in [3.05, 3.63) is 65.7 Å². The first-order valence-electron chi connectivity index (χ1n) is 10.0. The molecule has 1 aliphatic heterocycles. The van der Waals surface area contributed by atoms with Gasteiger partial charge in [0.15, 0.2) is 0 Å². The second-order valence-electron chi connectivity index (χ2n) is 8.96. The predicted molar refractivity (Wildman–Crippen MR) is 107 cm³/mol. The lowest BCUT2D eigenvalue weighted by atomic mass is 9.64. The monoisotopic (exact) mass is 363 g/mol. The van der Waals surface area contributed by atoms with Crippen molar-refractivity contribution in [1.29, 1.82) is 0 Å². The molecule has 2 aromatic rings. The minimum absolute atomic E-state index is 0.160. The molecule has 4 rings (SSSR count). The molecule has 0 radical (unpaired) electrons. The summed E-state index contributed by atoms with van der Waals surface area (Å²) in [5.41, 5.74) is 2.00. The molecule has 2 fully saturated rings. The van der Waals surface area contributed by atoms with Crippen LogP contribution in [0.25, 0.3) is 0 Å². The molecule has 3 heteroatoms. The summed E-state index contributed by atoms with van der Waals surface area (Å²) in [5.74, 6) is 1.21. The van der Waals surface area contributed by atoms with E-state index in [1.165, 1.54) is 5.56 Å². The molecule has 1 spiro atoms. The number of hydrogen-bond acceptors (Lipinski definition) is 2. The van der Waals surface area contributed by atoms with Gasteiger partial charge >= 0.3 is 0 Å². The van der Waals surface area contributed by atoms with Gasteiger partial charge in [-0.1, -0.05) is 55.3 Å². The molecule has 1 saturated heterocycles. The number of nitrogens with zero attached hydrogens (tertiary/aromatic N) is 1. The van der Waals surface area contributed by atoms with Crippen molar-refractivity contribution >= 4 is 5.91 Å². The Kier molecular flexibility index (Phi) is 4.49. The first-order valence-corrected chi connectivity index (χ1v) is 10.0. The lowest BCUT2D eigenvalue weighted by molar-refractivity contribution is -0.184. The van der Waals surface area contributed by atoms with E-state index in [0.717, 1.165) is 37.0 Å². The Labute approximate surface area is 162 Å². The standard InChI is InChI=1S/C24H29NO2/c1-23(2,3)25-21(24(22(25)26)14-7-8-15-24)19-12-9-13-20(16-19)27-17-18-10-5-4-6-11-18/h4-6,9-13,16,21H,7-8,14-15,17H2,1-3H3. The zero-order valence-electron chi connectivity index (χ0n) is 16.6. The number of carbonyl (C=O) groups is 1. The molecular formula is C24H29NO2. The molecule has 3 nitrogen and oxygen atoms in total. The average Bonchev–Trinajstić information content (AvgIpc) is 3.16. The van der Waals surface area contributed by atoms with Crippen LogP contribution >= 0.6 is 0 Å². The Morgan fingerprint density at radius 1 is 1.04 bits per heavy atom. The molecule has 0 bridgehead atoms. The molecule has 1 heterocycles. The topological polar surface area (TPSA) is 29.5 Å². The van der Waals surface area contributed by atoms with Gasteiger partial charge < -0.3 is 9.64 Å². The van der Waals surface area contributed by atoms with Crippen molar-refractivity contribution in [2.75, 3.05) is 0 Å². The zero-order chi connectivity index (χ0) is 19.1. The highest BCUT2D eigenvalue weighted by atomic mass is 16.5. The maximum atomic E-state index is 13.1. The van der Waals surface area contributed by atoms with Crippen LogP contribution in [0, 0.1) is 5.41 Å². The smallest absolute Gasteiger partial charge is 0.232 e. The van der Waals surface area contributed by atoms with E-state index in [0.29, 0.717) is 12.5 Å². The first kappa shape index (κ1) is 18.1. The summed E-state index contributed by atoms with van der Waals surface area (Å²) in [5, 5.41) is 0. The summed E-state index contributed by atoms with van der Waals surface area (Å²) in [4.78, 5) is 15.2. The molecule has 1 amide bonds. The van der Waals surface area contributed by atoms with Crippen LogP contribution in [0.3, 0.4) is 0 Å². The summed E-state index contributed by atoms with van der Waals surface area (Å²) in [6.45, 7) is 6.96. The van der Waals surface area contributed by atoms with Crippen LogP contribution in [0.15, 0.2) is 54.6 Å². The van der Waals surface area contributed by atoms with Crippen LogP contribution in [0.2, 0.25) is 0 Å². The number of ether oxygens (including phenoxy) is 1. The third-order valence-corrected chi connectivity index (χ3v) is 6.07. The fraction of sp³-hybridized carbons (Fsp3) is 0.458. The van der Waals surface area contributed by atoms with Gasteiger partial charge in [0.2, 0.25) is 5.91 Å². The van der Waals surface area contributed by atoms with Crippen LogP contribution in [0.5, 0.6) is 5.75 Å². The third-order valence-electron chi connectivity index (χ3n) is 6.07. The van der Waals surface area contributed by atoms with Gasteiger partial charge in [-0.3, -0.25) is 4.79 Å². The Morgan fingerprint density at radius 2 is 1.74 bits per heavy atom. The lowest BCUT2D eigenvalue weighted by Crippen LogP contribution is -2.67. The minimum atomic E-state index is -0.189. The summed E-state index contributed by atoms with van der Waals surface area (Å²) in [7, 11) is 0. The van der Waals surface area contributed by atoms with E-state index >= 15 is 0 Å². The Hall–Kier alpha value is -2.29. The van der Waals surface area contributed by atoms with Gasteiger partial charge in [-0.15, -0.1) is 0 Å². The van der Waals surface area contributed by atoms with Gasteiger partial charge in [0.1, 0.15) is 12.4 Å². The third kappa shape index (κ3) is 3.13. The fourth-order valence-electron chi connectivity index (χ4n) is 4.82. The van der Waals surface area contributed by atoms with Crippen LogP contribution in [0.4, 0.5) is 0 Å². The molecule has 1 atom stereocenters. The largest absolute Gasteiger partial charge is 0.489 e. The molecule has 0 aromatic heterocycles. The van der Waals surface area contributed by atoms with Crippen molar-refractivity contribution in [3.8, 4) is 5.75 Å². The van der Waals surface area contributed by atoms with E-state index in [4.69, 9.17) is 4.74 Å². The van der Waals surface area contributed by atoms with E-state index in [1.807, 2.05) is 24.3 Å². The summed E-state index contributed by atoms with van der Waals surface area (Å²) in [6.07, 6.45) is 4.34. The van der Waals surface area contributed by atoms with Crippen LogP contribution < -0.4 is 4.74 Å². The van der Waals surface area contributed by atoms with Gasteiger partial charge in [0.25, 0.3) is 0 Å². The fourth-order valence-corrected chi connectivity index (χ4v) is 4.82. The van der Waals surface area contributed by atoms with Crippen molar-refractivity contribution in [1.82, 2.24) is 4.90 Å². The van der Waals surface area contributed by atoms with Crippen molar-refractivity contribution in [3.63, 3.8) is 0 Å². The lowest BCUT2D eigenvalue weighted by Gasteiger charge is -2.60. The number of benzene rings is 2. The highest BCUT2D eigenvalue weighted by Gasteiger charge is 2.63. The van der Waals surface area contributed by atoms with Gasteiger partial charge in [-0.25, -0.2) is 0 Å². The maximum Gasteiger partial charge on any atom is 0.232 e. The first-order chi connectivity index (χ1) is 12.9. The number of amides is 1. The number of rotatable bonds is 4. The van der Waals surface area contributed by atoms with Crippen LogP contribution in [0.1, 0.15) is 63.6 Å². The quantitative estimate of drug-likeness (QED) is 0.671. The van der Waals surface area contributed by atoms with Crippen molar-refractivity contribution < 1.29 is 9.53 Å². The summed E-state index contributed by atoms with van der Waals surface area (Å²) in [6, 6.07) is 18.7. The molecule has 142 valence electrons. The molecular weight excluding hydrogens is 334 g/mol. The molecule has 1 unspecified atom stereocenters. The summed E-state index contributed by atoms with van der Waals surface area (Å²) >= 11 is 0. The Balaban J connectivity index is 1.60. The predicted octanol–water partition coefficient (Wildman–Crippen LogP) is 5.51. The van der Waals surface area contributed by atoms with Crippen LogP contribution in [-0.4, -0.2) is 16.3 Å². The van der Waals surface area contributed by atoms with Crippen LogP contribution in [-0.2, 0) is 11.4 Å². The molecule has 1 aliphatic carbocycles. The summed E-state index contributed by atoms with van der Waals surface area (Å²) < 4.78 is 6.05. The van der Waals surface area contributed by atoms with Gasteiger partial charge in [-0.05, 0) is 56.9 Å². The van der Waals surface area contributed by atoms with Gasteiger partial charge in [-0.2, -0.15) is 0 Å². The molecule has 0 N–H and O–H groups in total. The Bertz CT molecular complexity index is 816. The van der Waals surface area contributed by atoms with Crippen molar-refractivity contribution in [2.24, 2.45) is 5.41 Å². The average molecular weight is 364 g/mol. The normalized spacial score (nSPS) is 21.4. The highest BCUT2D eigenvalue weighted by Crippen LogP contribution is 2.61. The maximum absolute atomic E-state index is 13.1. The highest BCUT2D eigenvalue weighted by molar-refractivity contribution is 5.91. The van der Waals surface area contributed by atoms with Gasteiger partial charge in [0, 0.05) is 5.54 Å². The molecule has 2 aromatic carbocycles. The number of hydrogen-bond donors (Lipinski definition) is 0. The number of carbonyl (C=O) groups excluding carboxylic acids is 1. The second kappa shape index (κ2) is 6.70. The zero-order valence-corrected chi connectivity index (χ0v) is 16.6. The van der Waals surface area contributed by atoms with E-state index in [2.05, 4.69) is 56.0 Å². The molecule has 2 aliphatic rings. The molecule has 27 heavy (non-hydrogen) atoms. The van der Waals surface area contributed by atoms with Gasteiger partial charge in [0.05, 0.1) is 11.5 Å². The minimum Gasteiger partial charge on any atom is -0.489 e. The number of likely N-dealkylation sites (tertiary alicyclic amines) is 1. The van der Waals surface area contributed by atoms with E-state index in [1.54, 1.807) is 0 Å². The SMILES string of the molecule is CC(C)(C)N1C(=O)C2(CCCC2)C1c1cccc(OCc2ccccc2)c1. The van der Waals surface area contributed by atoms with E-state index in [9.17, 15) is 4.79 Å².